The van der Waals surface area contributed by atoms with E-state index in [0.717, 1.165) is 16.7 Å². The van der Waals surface area contributed by atoms with Gasteiger partial charge in [-0.1, -0.05) is 71.4 Å². The first-order valence-corrected chi connectivity index (χ1v) is 12.0. The summed E-state index contributed by atoms with van der Waals surface area (Å²) < 4.78 is 5.32. The van der Waals surface area contributed by atoms with Crippen LogP contribution in [0.4, 0.5) is 5.82 Å². The number of anilines is 1. The van der Waals surface area contributed by atoms with Gasteiger partial charge in [0.2, 0.25) is 0 Å². The minimum absolute atomic E-state index is 0.245. The van der Waals surface area contributed by atoms with Crippen LogP contribution in [0.1, 0.15) is 42.0 Å². The molecule has 0 spiro atoms. The summed E-state index contributed by atoms with van der Waals surface area (Å²) in [6.45, 7) is 5.80. The molecule has 1 aliphatic heterocycles. The number of hydrogen-bond donors (Lipinski definition) is 2. The third-order valence-corrected chi connectivity index (χ3v) is 6.74. The monoisotopic (exact) mass is 481 g/mol. The predicted octanol–water partition coefficient (Wildman–Crippen LogP) is 5.42. The number of aromatic nitrogens is 2. The molecule has 3 aromatic rings. The zero-order valence-corrected chi connectivity index (χ0v) is 20.1. The minimum atomic E-state index is -0.584. The largest absolute Gasteiger partial charge is 0.463 e. The maximum absolute atomic E-state index is 13.3. The first kappa shape index (κ1) is 23.1. The average Bonchev–Trinajstić information content (AvgIpc) is 2.78. The van der Waals surface area contributed by atoms with Crippen molar-refractivity contribution in [3.63, 3.8) is 0 Å². The molecule has 8 heteroatoms. The lowest BCUT2D eigenvalue weighted by Crippen LogP contribution is -2.31. The third kappa shape index (κ3) is 4.84. The number of benzene rings is 2. The third-order valence-electron chi connectivity index (χ3n) is 5.45. The number of thioether (sulfide) groups is 1. The van der Waals surface area contributed by atoms with E-state index in [0.29, 0.717) is 38.6 Å². The summed E-state index contributed by atoms with van der Waals surface area (Å²) in [6, 6.07) is 15.4. The van der Waals surface area contributed by atoms with Gasteiger partial charge in [-0.2, -0.15) is 0 Å². The van der Waals surface area contributed by atoms with Crippen LogP contribution in [0.3, 0.4) is 0 Å². The fourth-order valence-electron chi connectivity index (χ4n) is 3.83. The number of carbonyl (C=O) groups is 1. The van der Waals surface area contributed by atoms with Gasteiger partial charge in [0.15, 0.2) is 5.16 Å². The summed E-state index contributed by atoms with van der Waals surface area (Å²) in [5, 5.41) is 4.30. The standard InChI is InChI=1S/C25H24ClN3O3S/c1-4-32-24(31)19-15(3)27-22-21(20(19)16-11-9-14(2)10-12-16)23(30)29-25(28-22)33-13-17-7-5-6-8-18(17)26/h5-12,20H,4,13H2,1-3H3,(H2,27,28,29,30). The van der Waals surface area contributed by atoms with Crippen LogP contribution in [0, 0.1) is 6.92 Å². The molecule has 6 nitrogen and oxygen atoms in total. The number of hydrogen-bond acceptors (Lipinski definition) is 6. The van der Waals surface area contributed by atoms with Crippen LogP contribution in [-0.4, -0.2) is 22.5 Å². The second-order valence-corrected chi connectivity index (χ2v) is 9.11. The lowest BCUT2D eigenvalue weighted by Gasteiger charge is -2.28. The van der Waals surface area contributed by atoms with Crippen molar-refractivity contribution >= 4 is 35.1 Å². The maximum atomic E-state index is 13.3. The van der Waals surface area contributed by atoms with Gasteiger partial charge in [-0.15, -0.1) is 0 Å². The Balaban J connectivity index is 1.76. The summed E-state index contributed by atoms with van der Waals surface area (Å²) in [5.74, 6) is -0.0299. The maximum Gasteiger partial charge on any atom is 0.336 e. The topological polar surface area (TPSA) is 84.1 Å². The molecular formula is C25H24ClN3O3S. The zero-order chi connectivity index (χ0) is 23.5. The van der Waals surface area contributed by atoms with Crippen molar-refractivity contribution in [1.29, 1.82) is 0 Å². The van der Waals surface area contributed by atoms with E-state index < -0.39 is 11.9 Å². The van der Waals surface area contributed by atoms with Crippen molar-refractivity contribution in [3.8, 4) is 0 Å². The van der Waals surface area contributed by atoms with E-state index >= 15 is 0 Å². The SMILES string of the molecule is CCOC(=O)C1=C(C)Nc2nc(SCc3ccccc3Cl)[nH]c(=O)c2C1c1ccc(C)cc1. The van der Waals surface area contributed by atoms with E-state index in [-0.39, 0.29) is 12.2 Å². The van der Waals surface area contributed by atoms with Crippen LogP contribution in [0.5, 0.6) is 0 Å². The summed E-state index contributed by atoms with van der Waals surface area (Å²) in [7, 11) is 0. The number of carbonyl (C=O) groups excluding carboxylic acids is 1. The minimum Gasteiger partial charge on any atom is -0.463 e. The highest BCUT2D eigenvalue weighted by Crippen LogP contribution is 2.40. The molecule has 0 saturated carbocycles. The molecule has 170 valence electrons. The van der Waals surface area contributed by atoms with E-state index in [2.05, 4.69) is 15.3 Å². The highest BCUT2D eigenvalue weighted by molar-refractivity contribution is 7.98. The number of nitrogens with one attached hydrogen (secondary N) is 2. The van der Waals surface area contributed by atoms with Gasteiger partial charge >= 0.3 is 5.97 Å². The highest BCUT2D eigenvalue weighted by Gasteiger charge is 2.36. The molecular weight excluding hydrogens is 458 g/mol. The number of fused-ring (bicyclic) bond motifs is 1. The van der Waals surface area contributed by atoms with Gasteiger partial charge in [0.1, 0.15) is 5.82 Å². The first-order valence-electron chi connectivity index (χ1n) is 10.6. The lowest BCUT2D eigenvalue weighted by atomic mass is 9.82. The number of rotatable bonds is 6. The summed E-state index contributed by atoms with van der Waals surface area (Å²) in [4.78, 5) is 33.7. The molecule has 1 aromatic heterocycles. The molecule has 0 amide bonds. The predicted molar refractivity (Wildman–Crippen MR) is 132 cm³/mol. The zero-order valence-electron chi connectivity index (χ0n) is 18.6. The molecule has 0 bridgehead atoms. The summed E-state index contributed by atoms with van der Waals surface area (Å²) in [5.41, 5.74) is 4.00. The molecule has 2 N–H and O–H groups in total. The number of nitrogens with zero attached hydrogens (tertiary/aromatic N) is 1. The van der Waals surface area contributed by atoms with Crippen LogP contribution in [0.15, 0.2) is 69.8 Å². The number of aryl methyl sites for hydroxylation is 1. The van der Waals surface area contributed by atoms with Gasteiger partial charge in [0, 0.05) is 16.5 Å². The summed E-state index contributed by atoms with van der Waals surface area (Å²) >= 11 is 7.65. The van der Waals surface area contributed by atoms with Crippen LogP contribution in [0.25, 0.3) is 0 Å². The summed E-state index contributed by atoms with van der Waals surface area (Å²) in [6.07, 6.45) is 0. The van der Waals surface area contributed by atoms with Crippen molar-refractivity contribution in [3.05, 3.63) is 97.4 Å². The van der Waals surface area contributed by atoms with Gasteiger partial charge in [-0.3, -0.25) is 4.79 Å². The molecule has 0 radical (unpaired) electrons. The van der Waals surface area contributed by atoms with E-state index in [1.165, 1.54) is 11.8 Å². The Morgan fingerprint density at radius 3 is 2.58 bits per heavy atom. The number of ether oxygens (including phenoxy) is 1. The van der Waals surface area contributed by atoms with Gasteiger partial charge < -0.3 is 15.0 Å². The Labute approximate surface area is 201 Å². The van der Waals surface area contributed by atoms with E-state index in [9.17, 15) is 9.59 Å². The number of allylic oxidation sites excluding steroid dienone is 1. The van der Waals surface area contributed by atoms with E-state index in [4.69, 9.17) is 16.3 Å². The van der Waals surface area contributed by atoms with Crippen molar-refractivity contribution in [2.75, 3.05) is 11.9 Å². The second-order valence-electron chi connectivity index (χ2n) is 7.74. The van der Waals surface area contributed by atoms with Crippen molar-refractivity contribution in [1.82, 2.24) is 9.97 Å². The fourth-order valence-corrected chi connectivity index (χ4v) is 4.98. The van der Waals surface area contributed by atoms with Gasteiger partial charge in [0.05, 0.1) is 23.7 Å². The number of aromatic amines is 1. The van der Waals surface area contributed by atoms with Gasteiger partial charge in [-0.05, 0) is 38.0 Å². The number of esters is 1. The van der Waals surface area contributed by atoms with E-state index in [1.807, 2.05) is 55.5 Å². The lowest BCUT2D eigenvalue weighted by molar-refractivity contribution is -0.138. The number of H-pyrrole nitrogens is 1. The Morgan fingerprint density at radius 2 is 1.88 bits per heavy atom. The molecule has 0 saturated heterocycles. The van der Waals surface area contributed by atoms with E-state index in [1.54, 1.807) is 13.8 Å². The molecule has 1 aliphatic rings. The quantitative estimate of drug-likeness (QED) is 0.278. The second kappa shape index (κ2) is 9.85. The molecule has 1 atom stereocenters. The van der Waals surface area contributed by atoms with Gasteiger partial charge in [-0.25, -0.2) is 9.78 Å². The fraction of sp³-hybridized carbons (Fsp3) is 0.240. The van der Waals surface area contributed by atoms with Crippen LogP contribution < -0.4 is 10.9 Å². The molecule has 2 heterocycles. The smallest absolute Gasteiger partial charge is 0.336 e. The Bertz CT molecular complexity index is 1280. The molecule has 1 unspecified atom stereocenters. The van der Waals surface area contributed by atoms with Crippen molar-refractivity contribution in [2.24, 2.45) is 0 Å². The Kier molecular flexibility index (Phi) is 6.91. The van der Waals surface area contributed by atoms with Gasteiger partial charge in [0.25, 0.3) is 5.56 Å². The molecule has 4 rings (SSSR count). The highest BCUT2D eigenvalue weighted by atomic mass is 35.5. The first-order chi connectivity index (χ1) is 15.9. The molecule has 2 aromatic carbocycles. The molecule has 0 aliphatic carbocycles. The van der Waals surface area contributed by atoms with Crippen molar-refractivity contribution in [2.45, 2.75) is 37.6 Å². The van der Waals surface area contributed by atoms with Crippen molar-refractivity contribution < 1.29 is 9.53 Å². The average molecular weight is 482 g/mol. The normalized spacial score (nSPS) is 15.1. The van der Waals surface area contributed by atoms with Crippen LogP contribution in [0.2, 0.25) is 5.02 Å². The molecule has 33 heavy (non-hydrogen) atoms. The molecule has 0 fully saturated rings. The Morgan fingerprint density at radius 1 is 1.15 bits per heavy atom. The Hall–Kier alpha value is -3.03. The van der Waals surface area contributed by atoms with Crippen LogP contribution >= 0.6 is 23.4 Å². The number of halogens is 1. The van der Waals surface area contributed by atoms with Crippen LogP contribution in [-0.2, 0) is 15.3 Å².